The Balaban J connectivity index is 1.38. The van der Waals surface area contributed by atoms with Crippen LogP contribution in [0.5, 0.6) is 0 Å². The van der Waals surface area contributed by atoms with E-state index in [1.165, 1.54) is 18.2 Å². The summed E-state index contributed by atoms with van der Waals surface area (Å²) in [6.45, 7) is 3.63. The number of hydrogen-bond acceptors (Lipinski definition) is 5. The zero-order valence-corrected chi connectivity index (χ0v) is 19.2. The minimum atomic E-state index is -4.57. The molecular weight excluding hydrogens is 477 g/mol. The standard InChI is InChI=1S/C22H20ClF3N4O2S/c1-2-27-19(31)30-11-20(12-30)15-7-6-13(8-14(15)10-32-20)16-9-21(33-29-16,22(24,25)26)17-4-3-5-18(23)28-17/h3-8H,2,9-12H2,1H3,(H,27,31). The molecule has 3 aliphatic heterocycles. The molecule has 6 nitrogen and oxygen atoms in total. The van der Waals surface area contributed by atoms with Crippen LogP contribution in [0.3, 0.4) is 0 Å². The van der Waals surface area contributed by atoms with Gasteiger partial charge in [0.2, 0.25) is 0 Å². The average molecular weight is 497 g/mol. The minimum Gasteiger partial charge on any atom is -0.362 e. The Morgan fingerprint density at radius 2 is 2.09 bits per heavy atom. The van der Waals surface area contributed by atoms with Crippen LogP contribution >= 0.6 is 23.5 Å². The normalized spacial score (nSPS) is 23.3. The van der Waals surface area contributed by atoms with Gasteiger partial charge in [0.15, 0.2) is 4.75 Å². The molecule has 0 saturated carbocycles. The van der Waals surface area contributed by atoms with Gasteiger partial charge >= 0.3 is 12.2 Å². The molecule has 33 heavy (non-hydrogen) atoms. The van der Waals surface area contributed by atoms with Gasteiger partial charge in [-0.25, -0.2) is 14.2 Å². The molecule has 1 saturated heterocycles. The lowest BCUT2D eigenvalue weighted by molar-refractivity contribution is -0.160. The minimum absolute atomic E-state index is 0.00677. The topological polar surface area (TPSA) is 66.8 Å². The molecule has 1 aromatic heterocycles. The summed E-state index contributed by atoms with van der Waals surface area (Å²) >= 11 is 6.36. The predicted molar refractivity (Wildman–Crippen MR) is 119 cm³/mol. The van der Waals surface area contributed by atoms with E-state index in [9.17, 15) is 18.0 Å². The highest BCUT2D eigenvalue weighted by Gasteiger charge is 2.61. The summed E-state index contributed by atoms with van der Waals surface area (Å²) in [6.07, 6.45) is -4.91. The van der Waals surface area contributed by atoms with Gasteiger partial charge in [-0.05, 0) is 53.8 Å². The van der Waals surface area contributed by atoms with Crippen molar-refractivity contribution in [3.05, 3.63) is 63.9 Å². The molecule has 1 N–H and O–H groups in total. The Kier molecular flexibility index (Phi) is 5.37. The number of urea groups is 1. The number of hydrogen-bond donors (Lipinski definition) is 1. The Morgan fingerprint density at radius 3 is 2.79 bits per heavy atom. The molecule has 1 fully saturated rings. The van der Waals surface area contributed by atoms with E-state index in [2.05, 4.69) is 14.7 Å². The lowest BCUT2D eigenvalue weighted by Gasteiger charge is -2.47. The van der Waals surface area contributed by atoms with E-state index in [1.807, 2.05) is 19.1 Å². The number of pyridine rings is 1. The number of rotatable bonds is 3. The lowest BCUT2D eigenvalue weighted by Crippen LogP contribution is -2.63. The highest BCUT2D eigenvalue weighted by Crippen LogP contribution is 2.56. The largest absolute Gasteiger partial charge is 0.410 e. The fourth-order valence-corrected chi connectivity index (χ4v) is 5.64. The molecule has 4 heterocycles. The van der Waals surface area contributed by atoms with Gasteiger partial charge in [-0.1, -0.05) is 29.8 Å². The number of halogens is 4. The van der Waals surface area contributed by atoms with Gasteiger partial charge in [-0.3, -0.25) is 0 Å². The van der Waals surface area contributed by atoms with E-state index in [0.29, 0.717) is 49.5 Å². The number of fused-ring (bicyclic) bond motifs is 2. The summed E-state index contributed by atoms with van der Waals surface area (Å²) in [5.41, 5.74) is 2.13. The first kappa shape index (κ1) is 22.5. The van der Waals surface area contributed by atoms with Crippen LogP contribution in [-0.2, 0) is 21.7 Å². The van der Waals surface area contributed by atoms with E-state index in [4.69, 9.17) is 16.3 Å². The van der Waals surface area contributed by atoms with Gasteiger partial charge in [-0.2, -0.15) is 13.2 Å². The summed E-state index contributed by atoms with van der Waals surface area (Å²) in [6, 6.07) is 9.61. The average Bonchev–Trinajstić information content (AvgIpc) is 3.35. The van der Waals surface area contributed by atoms with Gasteiger partial charge in [0.05, 0.1) is 31.1 Å². The predicted octanol–water partition coefficient (Wildman–Crippen LogP) is 4.80. The molecule has 3 aliphatic rings. The molecule has 1 aromatic carbocycles. The molecule has 1 spiro atoms. The zero-order chi connectivity index (χ0) is 23.4. The number of benzene rings is 1. The second-order valence-corrected chi connectivity index (χ2v) is 9.77. The summed E-state index contributed by atoms with van der Waals surface area (Å²) in [7, 11) is 0. The molecule has 0 aliphatic carbocycles. The summed E-state index contributed by atoms with van der Waals surface area (Å²) in [5.74, 6) is 0. The molecule has 0 bridgehead atoms. The van der Waals surface area contributed by atoms with Gasteiger partial charge in [0.25, 0.3) is 0 Å². The number of carbonyl (C=O) groups is 1. The molecule has 2 amide bonds. The van der Waals surface area contributed by atoms with E-state index < -0.39 is 16.5 Å². The number of nitrogens with one attached hydrogen (secondary N) is 1. The zero-order valence-electron chi connectivity index (χ0n) is 17.6. The van der Waals surface area contributed by atoms with Crippen LogP contribution < -0.4 is 5.32 Å². The number of likely N-dealkylation sites (tertiary alicyclic amines) is 1. The molecular formula is C22H20ClF3N4O2S. The number of aromatic nitrogens is 1. The third kappa shape index (κ3) is 3.59. The molecule has 0 radical (unpaired) electrons. The maximum atomic E-state index is 14.2. The quantitative estimate of drug-likeness (QED) is 0.489. The Labute approximate surface area is 197 Å². The number of ether oxygens (including phenoxy) is 1. The van der Waals surface area contributed by atoms with Gasteiger partial charge in [0.1, 0.15) is 10.8 Å². The fraction of sp³-hybridized carbons (Fsp3) is 0.409. The maximum absolute atomic E-state index is 14.2. The van der Waals surface area contributed by atoms with Crippen molar-refractivity contribution in [2.45, 2.75) is 36.5 Å². The summed E-state index contributed by atoms with van der Waals surface area (Å²) in [4.78, 5) is 17.6. The number of alkyl halides is 3. The van der Waals surface area contributed by atoms with E-state index >= 15 is 0 Å². The molecule has 5 rings (SSSR count). The van der Waals surface area contributed by atoms with E-state index in [-0.39, 0.29) is 23.3 Å². The van der Waals surface area contributed by atoms with Gasteiger partial charge < -0.3 is 15.0 Å². The van der Waals surface area contributed by atoms with Crippen LogP contribution in [0.4, 0.5) is 18.0 Å². The second kappa shape index (κ2) is 7.89. The van der Waals surface area contributed by atoms with Crippen molar-refractivity contribution < 1.29 is 22.7 Å². The van der Waals surface area contributed by atoms with Crippen LogP contribution in [0.15, 0.2) is 40.8 Å². The molecule has 1 unspecified atom stereocenters. The maximum Gasteiger partial charge on any atom is 0.410 e. The first-order chi connectivity index (χ1) is 15.7. The molecule has 2 aromatic rings. The smallest absolute Gasteiger partial charge is 0.362 e. The second-order valence-electron chi connectivity index (χ2n) is 8.32. The highest BCUT2D eigenvalue weighted by atomic mass is 35.5. The number of carbonyl (C=O) groups excluding carboxylic acids is 1. The van der Waals surface area contributed by atoms with Gasteiger partial charge in [-0.15, -0.1) is 0 Å². The first-order valence-corrected chi connectivity index (χ1v) is 11.6. The van der Waals surface area contributed by atoms with Crippen molar-refractivity contribution in [3.8, 4) is 0 Å². The van der Waals surface area contributed by atoms with E-state index in [0.717, 1.165) is 11.1 Å². The van der Waals surface area contributed by atoms with Crippen molar-refractivity contribution in [2.24, 2.45) is 4.40 Å². The fourth-order valence-electron chi connectivity index (χ4n) is 4.53. The van der Waals surface area contributed by atoms with Crippen molar-refractivity contribution in [1.82, 2.24) is 15.2 Å². The van der Waals surface area contributed by atoms with Crippen molar-refractivity contribution in [2.75, 3.05) is 19.6 Å². The van der Waals surface area contributed by atoms with Crippen molar-refractivity contribution in [1.29, 1.82) is 0 Å². The van der Waals surface area contributed by atoms with E-state index in [1.54, 1.807) is 11.0 Å². The number of amides is 2. The monoisotopic (exact) mass is 496 g/mol. The van der Waals surface area contributed by atoms with Crippen molar-refractivity contribution in [3.63, 3.8) is 0 Å². The Hall–Kier alpha value is -2.30. The SMILES string of the molecule is CCNC(=O)N1CC2(C1)OCc1cc(C3=NSC(c4cccc(Cl)n4)(C(F)(F)F)C3)ccc12. The lowest BCUT2D eigenvalue weighted by atomic mass is 9.84. The summed E-state index contributed by atoms with van der Waals surface area (Å²) < 4.78 is 50.6. The van der Waals surface area contributed by atoms with Gasteiger partial charge in [0, 0.05) is 13.0 Å². The summed E-state index contributed by atoms with van der Waals surface area (Å²) in [5, 5.41) is 2.78. The molecule has 1 atom stereocenters. The molecule has 174 valence electrons. The van der Waals surface area contributed by atoms with Crippen molar-refractivity contribution >= 4 is 35.3 Å². The highest BCUT2D eigenvalue weighted by molar-refractivity contribution is 7.99. The third-order valence-electron chi connectivity index (χ3n) is 6.26. The number of nitrogens with zero attached hydrogens (tertiary/aromatic N) is 3. The van der Waals surface area contributed by atoms with Crippen LogP contribution in [0.25, 0.3) is 0 Å². The third-order valence-corrected chi connectivity index (χ3v) is 7.67. The molecule has 11 heteroatoms. The van der Waals surface area contributed by atoms with Crippen LogP contribution in [0, 0.1) is 0 Å². The first-order valence-electron chi connectivity index (χ1n) is 10.4. The Bertz CT molecular complexity index is 1150. The van der Waals surface area contributed by atoms with Crippen LogP contribution in [0.1, 0.15) is 35.7 Å². The van der Waals surface area contributed by atoms with Crippen LogP contribution in [-0.4, -0.2) is 47.4 Å². The van der Waals surface area contributed by atoms with Crippen LogP contribution in [0.2, 0.25) is 5.15 Å². The Morgan fingerprint density at radius 1 is 1.30 bits per heavy atom.